The van der Waals surface area contributed by atoms with Gasteiger partial charge >= 0.3 is 5.69 Å². The summed E-state index contributed by atoms with van der Waals surface area (Å²) >= 11 is 0. The van der Waals surface area contributed by atoms with Gasteiger partial charge in [0.15, 0.2) is 4.90 Å². The van der Waals surface area contributed by atoms with Gasteiger partial charge in [0.25, 0.3) is 5.56 Å². The number of aryl methyl sites for hydroxylation is 1. The molecule has 108 valence electrons. The molecule has 20 heavy (non-hydrogen) atoms. The first-order chi connectivity index (χ1) is 9.31. The van der Waals surface area contributed by atoms with Gasteiger partial charge in [-0.05, 0) is 6.92 Å². The number of primary sulfonamides is 1. The number of aromatic amines is 1. The lowest BCUT2D eigenvalue weighted by Gasteiger charge is -2.04. The van der Waals surface area contributed by atoms with Crippen LogP contribution in [0.25, 0.3) is 0 Å². The molecule has 0 fully saturated rings. The second-order valence-electron chi connectivity index (χ2n) is 4.13. The second-order valence-corrected chi connectivity index (χ2v) is 5.66. The summed E-state index contributed by atoms with van der Waals surface area (Å²) in [6.07, 6.45) is 4.20. The van der Waals surface area contributed by atoms with Crippen LogP contribution in [0.15, 0.2) is 33.1 Å². The van der Waals surface area contributed by atoms with Crippen LogP contribution < -0.4 is 16.4 Å². The second kappa shape index (κ2) is 5.06. The minimum atomic E-state index is -4.19. The zero-order chi connectivity index (χ0) is 14.9. The molecule has 0 unspecified atom stereocenters. The van der Waals surface area contributed by atoms with Crippen molar-refractivity contribution < 1.29 is 8.42 Å². The molecule has 0 aliphatic carbocycles. The lowest BCUT2D eigenvalue weighted by atomic mass is 10.3. The number of nitrogens with one attached hydrogen (secondary N) is 1. The highest BCUT2D eigenvalue weighted by atomic mass is 32.2. The Labute approximate surface area is 113 Å². The largest absolute Gasteiger partial charge is 0.328 e. The molecule has 10 heteroatoms. The highest BCUT2D eigenvalue weighted by molar-refractivity contribution is 7.89. The predicted octanol–water partition coefficient (Wildman–Crippen LogP) is -1.55. The molecule has 0 amide bonds. The van der Waals surface area contributed by atoms with E-state index >= 15 is 0 Å². The van der Waals surface area contributed by atoms with Crippen molar-refractivity contribution in [2.75, 3.05) is 0 Å². The Morgan fingerprint density at radius 3 is 2.60 bits per heavy atom. The van der Waals surface area contributed by atoms with E-state index < -0.39 is 26.2 Å². The van der Waals surface area contributed by atoms with E-state index in [4.69, 9.17) is 5.14 Å². The number of hydrogen-bond acceptors (Lipinski definition) is 5. The monoisotopic (exact) mass is 299 g/mol. The van der Waals surface area contributed by atoms with Crippen molar-refractivity contribution >= 4 is 10.0 Å². The number of sulfonamides is 1. The van der Waals surface area contributed by atoms with Gasteiger partial charge < -0.3 is 0 Å². The summed E-state index contributed by atoms with van der Waals surface area (Å²) in [7, 11) is -4.19. The number of hydrogen-bond donors (Lipinski definition) is 2. The lowest BCUT2D eigenvalue weighted by molar-refractivity contribution is 0.591. The lowest BCUT2D eigenvalue weighted by Crippen LogP contribution is -2.34. The third-order valence-corrected chi connectivity index (χ3v) is 3.55. The molecule has 3 N–H and O–H groups in total. The Balaban J connectivity index is 2.47. The summed E-state index contributed by atoms with van der Waals surface area (Å²) in [4.78, 5) is 24.3. The topological polar surface area (TPSA) is 133 Å². The van der Waals surface area contributed by atoms with Gasteiger partial charge in [0.05, 0.1) is 12.7 Å². The van der Waals surface area contributed by atoms with Crippen LogP contribution in [-0.2, 0) is 23.1 Å². The Bertz CT molecular complexity index is 845. The molecule has 0 aromatic carbocycles. The van der Waals surface area contributed by atoms with Crippen LogP contribution in [-0.4, -0.2) is 27.7 Å². The number of nitrogens with zero attached hydrogens (tertiary/aromatic N) is 3. The van der Waals surface area contributed by atoms with Crippen LogP contribution in [0.3, 0.4) is 0 Å². The van der Waals surface area contributed by atoms with E-state index in [9.17, 15) is 18.0 Å². The molecule has 0 atom stereocenters. The SMILES string of the molecule is CCn1cc(Cn2cc(S(N)(=O)=O)c(=O)[nH]c2=O)cn1. The first-order valence-corrected chi connectivity index (χ1v) is 7.24. The molecule has 0 radical (unpaired) electrons. The van der Waals surface area contributed by atoms with Crippen LogP contribution in [0.1, 0.15) is 12.5 Å². The summed E-state index contributed by atoms with van der Waals surface area (Å²) in [5.41, 5.74) is -1.05. The first-order valence-electron chi connectivity index (χ1n) is 5.69. The zero-order valence-electron chi connectivity index (χ0n) is 10.6. The predicted molar refractivity (Wildman–Crippen MR) is 69.7 cm³/mol. The molecule has 2 rings (SSSR count). The maximum atomic E-state index is 11.6. The van der Waals surface area contributed by atoms with Crippen LogP contribution >= 0.6 is 0 Å². The van der Waals surface area contributed by atoms with Gasteiger partial charge in [0.1, 0.15) is 0 Å². The van der Waals surface area contributed by atoms with Crippen LogP contribution in [0.4, 0.5) is 0 Å². The molecule has 2 aromatic heterocycles. The van der Waals surface area contributed by atoms with Gasteiger partial charge in [0, 0.05) is 24.5 Å². The van der Waals surface area contributed by atoms with Crippen LogP contribution in [0.2, 0.25) is 0 Å². The van der Waals surface area contributed by atoms with Crippen LogP contribution in [0.5, 0.6) is 0 Å². The molecule has 2 heterocycles. The van der Waals surface area contributed by atoms with Crippen LogP contribution in [0, 0.1) is 0 Å². The van der Waals surface area contributed by atoms with Crippen molar-refractivity contribution in [3.05, 3.63) is 45.0 Å². The molecule has 0 aliphatic heterocycles. The number of rotatable bonds is 4. The highest BCUT2D eigenvalue weighted by Crippen LogP contribution is 2.02. The van der Waals surface area contributed by atoms with Gasteiger partial charge in [-0.25, -0.2) is 18.4 Å². The third kappa shape index (κ3) is 2.86. The molecule has 0 spiro atoms. The summed E-state index contributed by atoms with van der Waals surface area (Å²) in [6.45, 7) is 2.66. The molecule has 9 nitrogen and oxygen atoms in total. The molecular weight excluding hydrogens is 286 g/mol. The maximum Gasteiger partial charge on any atom is 0.328 e. The Kier molecular flexibility index (Phi) is 3.59. The van der Waals surface area contributed by atoms with Crippen molar-refractivity contribution in [3.8, 4) is 0 Å². The first kappa shape index (κ1) is 14.2. The van der Waals surface area contributed by atoms with E-state index in [2.05, 4.69) is 5.10 Å². The van der Waals surface area contributed by atoms with Crippen molar-refractivity contribution in [3.63, 3.8) is 0 Å². The minimum Gasteiger partial charge on any atom is -0.295 e. The average molecular weight is 299 g/mol. The average Bonchev–Trinajstić information content (AvgIpc) is 2.78. The summed E-state index contributed by atoms with van der Waals surface area (Å²) in [5, 5.41) is 8.95. The minimum absolute atomic E-state index is 0.0815. The molecule has 0 saturated heterocycles. The van der Waals surface area contributed by atoms with Gasteiger partial charge in [0.2, 0.25) is 10.0 Å². The van der Waals surface area contributed by atoms with Crippen molar-refractivity contribution in [2.45, 2.75) is 24.9 Å². The number of nitrogens with two attached hydrogens (primary N) is 1. The summed E-state index contributed by atoms with van der Waals surface area (Å²) in [6, 6.07) is 0. The molecule has 0 saturated carbocycles. The van der Waals surface area contributed by atoms with Gasteiger partial charge in [-0.1, -0.05) is 0 Å². The Hall–Kier alpha value is -2.20. The van der Waals surface area contributed by atoms with E-state index in [-0.39, 0.29) is 6.54 Å². The molecule has 2 aromatic rings. The Morgan fingerprint density at radius 1 is 1.35 bits per heavy atom. The van der Waals surface area contributed by atoms with E-state index in [0.717, 1.165) is 10.8 Å². The fraction of sp³-hybridized carbons (Fsp3) is 0.300. The summed E-state index contributed by atoms with van der Waals surface area (Å²) in [5.74, 6) is 0. The van der Waals surface area contributed by atoms with Crippen molar-refractivity contribution in [2.24, 2.45) is 5.14 Å². The Morgan fingerprint density at radius 2 is 2.05 bits per heavy atom. The standard InChI is InChI=1S/C10H13N5O4S/c1-2-15-5-7(3-12-15)4-14-6-8(20(11,18)19)9(16)13-10(14)17/h3,5-6H,2,4H2,1H3,(H2,11,18,19)(H,13,16,17). The molecule has 0 bridgehead atoms. The van der Waals surface area contributed by atoms with Gasteiger partial charge in [-0.2, -0.15) is 5.10 Å². The fourth-order valence-electron chi connectivity index (χ4n) is 1.67. The summed E-state index contributed by atoms with van der Waals surface area (Å²) < 4.78 is 25.2. The van der Waals surface area contributed by atoms with Gasteiger partial charge in [-0.15, -0.1) is 0 Å². The van der Waals surface area contributed by atoms with Crippen molar-refractivity contribution in [1.29, 1.82) is 0 Å². The van der Waals surface area contributed by atoms with Crippen molar-refractivity contribution in [1.82, 2.24) is 19.3 Å². The molecular formula is C10H13N5O4S. The highest BCUT2D eigenvalue weighted by Gasteiger charge is 2.15. The van der Waals surface area contributed by atoms with E-state index in [1.54, 1.807) is 17.1 Å². The molecule has 0 aliphatic rings. The number of aromatic nitrogens is 4. The number of H-pyrrole nitrogens is 1. The zero-order valence-corrected chi connectivity index (χ0v) is 11.4. The fourth-order valence-corrected chi connectivity index (χ4v) is 2.25. The quantitative estimate of drug-likeness (QED) is 0.705. The van der Waals surface area contributed by atoms with Gasteiger partial charge in [-0.3, -0.25) is 19.0 Å². The van der Waals surface area contributed by atoms with E-state index in [0.29, 0.717) is 12.1 Å². The maximum absolute atomic E-state index is 11.6. The van der Waals surface area contributed by atoms with E-state index in [1.165, 1.54) is 0 Å². The third-order valence-electron chi connectivity index (χ3n) is 2.65. The van der Waals surface area contributed by atoms with E-state index in [1.807, 2.05) is 11.9 Å². The smallest absolute Gasteiger partial charge is 0.295 e. The normalized spacial score (nSPS) is 11.7.